The second-order valence-corrected chi connectivity index (χ2v) is 5.65. The number of rotatable bonds is 3. The second-order valence-electron chi connectivity index (χ2n) is 4.50. The first kappa shape index (κ1) is 11.8. The van der Waals surface area contributed by atoms with Crippen molar-refractivity contribution in [1.82, 2.24) is 5.32 Å². The number of fused-ring (bicyclic) bond motifs is 1. The van der Waals surface area contributed by atoms with Gasteiger partial charge in [-0.1, -0.05) is 18.2 Å². The number of thioether (sulfide) groups is 1. The van der Waals surface area contributed by atoms with Crippen LogP contribution in [0.25, 0.3) is 11.0 Å². The summed E-state index contributed by atoms with van der Waals surface area (Å²) in [6.07, 6.45) is 0.521. The Kier molecular flexibility index (Phi) is 3.39. The molecule has 1 atom stereocenters. The van der Waals surface area contributed by atoms with E-state index in [1.807, 2.05) is 42.1 Å². The second kappa shape index (κ2) is 5.16. The molecule has 0 spiro atoms. The summed E-state index contributed by atoms with van der Waals surface area (Å²) in [6.45, 7) is 0.989. The molecule has 3 nitrogen and oxygen atoms in total. The molecule has 1 fully saturated rings. The molecule has 1 aliphatic heterocycles. The number of furan rings is 1. The molecule has 0 aliphatic carbocycles. The highest BCUT2D eigenvalue weighted by Crippen LogP contribution is 2.21. The maximum absolute atomic E-state index is 12.1. The molecule has 1 saturated heterocycles. The normalized spacial score (nSPS) is 20.1. The maximum atomic E-state index is 12.1. The van der Waals surface area contributed by atoms with Crippen molar-refractivity contribution >= 4 is 28.5 Å². The number of hydrogen-bond donors (Lipinski definition) is 1. The molecule has 4 heteroatoms. The van der Waals surface area contributed by atoms with Crippen molar-refractivity contribution in [2.24, 2.45) is 0 Å². The van der Waals surface area contributed by atoms with Crippen LogP contribution in [0.15, 0.2) is 34.7 Å². The number of hydrogen-bond acceptors (Lipinski definition) is 4. The van der Waals surface area contributed by atoms with Crippen LogP contribution in [0.4, 0.5) is 0 Å². The van der Waals surface area contributed by atoms with E-state index < -0.39 is 0 Å². The third-order valence-corrected chi connectivity index (χ3v) is 4.26. The van der Waals surface area contributed by atoms with Crippen molar-refractivity contribution in [2.45, 2.75) is 12.5 Å². The minimum Gasteiger partial charge on any atom is -0.453 e. The van der Waals surface area contributed by atoms with Crippen LogP contribution in [0, 0.1) is 0 Å². The summed E-state index contributed by atoms with van der Waals surface area (Å²) in [6, 6.07) is 9.84. The van der Waals surface area contributed by atoms with Crippen LogP contribution in [0.2, 0.25) is 0 Å². The predicted octanol–water partition coefficient (Wildman–Crippen LogP) is 2.71. The zero-order valence-corrected chi connectivity index (χ0v) is 10.8. The fraction of sp³-hybridized carbons (Fsp3) is 0.357. The van der Waals surface area contributed by atoms with Gasteiger partial charge in [0, 0.05) is 35.9 Å². The summed E-state index contributed by atoms with van der Waals surface area (Å²) in [5.74, 6) is 2.71. The van der Waals surface area contributed by atoms with Crippen molar-refractivity contribution in [1.29, 1.82) is 0 Å². The lowest BCUT2D eigenvalue weighted by Crippen LogP contribution is -2.38. The van der Waals surface area contributed by atoms with Crippen molar-refractivity contribution in [3.63, 3.8) is 0 Å². The minimum atomic E-state index is 0.0891. The first-order valence-corrected chi connectivity index (χ1v) is 7.31. The van der Waals surface area contributed by atoms with Crippen LogP contribution in [0.5, 0.6) is 0 Å². The fourth-order valence-corrected chi connectivity index (χ4v) is 3.14. The van der Waals surface area contributed by atoms with E-state index in [-0.39, 0.29) is 11.8 Å². The quantitative estimate of drug-likeness (QED) is 0.863. The van der Waals surface area contributed by atoms with Gasteiger partial charge < -0.3 is 9.73 Å². The highest BCUT2D eigenvalue weighted by atomic mass is 32.2. The summed E-state index contributed by atoms with van der Waals surface area (Å²) in [5.41, 5.74) is 0.784. The van der Waals surface area contributed by atoms with E-state index in [1.165, 1.54) is 0 Å². The monoisotopic (exact) mass is 261 g/mol. The molecule has 18 heavy (non-hydrogen) atoms. The Bertz CT molecular complexity index is 525. The van der Waals surface area contributed by atoms with Gasteiger partial charge in [0.2, 0.25) is 0 Å². The first-order chi connectivity index (χ1) is 8.83. The van der Waals surface area contributed by atoms with Crippen molar-refractivity contribution < 1.29 is 9.21 Å². The molecule has 0 bridgehead atoms. The number of ketones is 1. The number of carbonyl (C=O) groups excluding carboxylic acids is 1. The Hall–Kier alpha value is -1.26. The van der Waals surface area contributed by atoms with Gasteiger partial charge in [0.1, 0.15) is 5.58 Å². The lowest BCUT2D eigenvalue weighted by molar-refractivity contribution is 0.0947. The molecular formula is C14H15NO2S. The SMILES string of the molecule is O=C(CC1CSCCN1)c1cc2ccccc2o1. The fourth-order valence-electron chi connectivity index (χ4n) is 2.19. The van der Waals surface area contributed by atoms with E-state index in [4.69, 9.17) is 4.42 Å². The van der Waals surface area contributed by atoms with Crippen molar-refractivity contribution in [3.8, 4) is 0 Å². The number of benzene rings is 1. The zero-order valence-electron chi connectivity index (χ0n) is 10.0. The van der Waals surface area contributed by atoms with Crippen LogP contribution < -0.4 is 5.32 Å². The molecule has 0 amide bonds. The van der Waals surface area contributed by atoms with Crippen LogP contribution >= 0.6 is 11.8 Å². The van der Waals surface area contributed by atoms with Gasteiger partial charge in [-0.2, -0.15) is 11.8 Å². The summed E-state index contributed by atoms with van der Waals surface area (Å²) < 4.78 is 5.59. The Labute approximate surface area is 110 Å². The van der Waals surface area contributed by atoms with E-state index >= 15 is 0 Å². The van der Waals surface area contributed by atoms with Crippen LogP contribution in [0.1, 0.15) is 17.0 Å². The van der Waals surface area contributed by atoms with Crippen LogP contribution in [0.3, 0.4) is 0 Å². The number of nitrogens with one attached hydrogen (secondary N) is 1. The molecule has 1 aliphatic rings. The van der Waals surface area contributed by atoms with E-state index in [0.29, 0.717) is 12.2 Å². The lowest BCUT2D eigenvalue weighted by atomic mass is 10.1. The third-order valence-electron chi connectivity index (χ3n) is 3.13. The maximum Gasteiger partial charge on any atom is 0.199 e. The minimum absolute atomic E-state index is 0.0891. The first-order valence-electron chi connectivity index (χ1n) is 6.16. The van der Waals surface area contributed by atoms with Gasteiger partial charge in [-0.05, 0) is 12.1 Å². The van der Waals surface area contributed by atoms with Gasteiger partial charge in [-0.25, -0.2) is 0 Å². The molecule has 1 unspecified atom stereocenters. The van der Waals surface area contributed by atoms with E-state index in [0.717, 1.165) is 29.0 Å². The van der Waals surface area contributed by atoms with E-state index in [1.54, 1.807) is 0 Å². The summed E-state index contributed by atoms with van der Waals surface area (Å²) in [4.78, 5) is 12.1. The molecule has 1 N–H and O–H groups in total. The molecule has 94 valence electrons. The topological polar surface area (TPSA) is 42.2 Å². The molecule has 0 saturated carbocycles. The lowest BCUT2D eigenvalue weighted by Gasteiger charge is -2.21. The van der Waals surface area contributed by atoms with Gasteiger partial charge in [-0.3, -0.25) is 4.79 Å². The Morgan fingerprint density at radius 1 is 1.44 bits per heavy atom. The van der Waals surface area contributed by atoms with Crippen LogP contribution in [-0.4, -0.2) is 29.9 Å². The third kappa shape index (κ3) is 2.44. The Balaban J connectivity index is 1.74. The van der Waals surface area contributed by atoms with Crippen molar-refractivity contribution in [2.75, 3.05) is 18.1 Å². The largest absolute Gasteiger partial charge is 0.453 e. The molecule has 2 aromatic rings. The molecular weight excluding hydrogens is 246 g/mol. The smallest absolute Gasteiger partial charge is 0.199 e. The highest BCUT2D eigenvalue weighted by Gasteiger charge is 2.20. The molecule has 3 rings (SSSR count). The van der Waals surface area contributed by atoms with E-state index in [9.17, 15) is 4.79 Å². The van der Waals surface area contributed by atoms with Gasteiger partial charge in [-0.15, -0.1) is 0 Å². The van der Waals surface area contributed by atoms with Gasteiger partial charge in [0.15, 0.2) is 11.5 Å². The predicted molar refractivity (Wildman–Crippen MR) is 74.3 cm³/mol. The summed E-state index contributed by atoms with van der Waals surface area (Å²) >= 11 is 1.90. The molecule has 0 radical (unpaired) electrons. The Morgan fingerprint density at radius 3 is 3.11 bits per heavy atom. The molecule has 1 aromatic heterocycles. The number of Topliss-reactive ketones (excluding diaryl/α,β-unsaturated/α-hetero) is 1. The standard InChI is InChI=1S/C14H15NO2S/c16-12(8-11-9-18-6-5-15-11)14-7-10-3-1-2-4-13(10)17-14/h1-4,7,11,15H,5-6,8-9H2. The summed E-state index contributed by atoms with van der Waals surface area (Å²) in [5, 5.41) is 4.36. The molecule has 1 aromatic carbocycles. The number of carbonyl (C=O) groups is 1. The van der Waals surface area contributed by atoms with Crippen LogP contribution in [-0.2, 0) is 0 Å². The van der Waals surface area contributed by atoms with Gasteiger partial charge >= 0.3 is 0 Å². The zero-order chi connectivity index (χ0) is 12.4. The summed E-state index contributed by atoms with van der Waals surface area (Å²) in [7, 11) is 0. The average molecular weight is 261 g/mol. The van der Waals surface area contributed by atoms with Gasteiger partial charge in [0.25, 0.3) is 0 Å². The Morgan fingerprint density at radius 2 is 2.33 bits per heavy atom. The highest BCUT2D eigenvalue weighted by molar-refractivity contribution is 7.99. The average Bonchev–Trinajstić information content (AvgIpc) is 2.84. The van der Waals surface area contributed by atoms with Crippen molar-refractivity contribution in [3.05, 3.63) is 36.1 Å². The molecule has 2 heterocycles. The van der Waals surface area contributed by atoms with E-state index in [2.05, 4.69) is 5.32 Å². The van der Waals surface area contributed by atoms with Gasteiger partial charge in [0.05, 0.1) is 0 Å². The number of para-hydroxylation sites is 1.